The van der Waals surface area contributed by atoms with E-state index in [0.717, 1.165) is 25.7 Å². The van der Waals surface area contributed by atoms with E-state index < -0.39 is 13.7 Å². The van der Waals surface area contributed by atoms with Crippen LogP contribution in [0.3, 0.4) is 0 Å². The minimum atomic E-state index is -1.30. The maximum Gasteiger partial charge on any atom is 0.129 e. The minimum absolute atomic E-state index is 0.289. The fourth-order valence-electron chi connectivity index (χ4n) is 2.63. The first-order valence-corrected chi connectivity index (χ1v) is 9.74. The second kappa shape index (κ2) is 4.18. The Labute approximate surface area is 99.4 Å². The Morgan fingerprint density at radius 2 is 1.81 bits per heavy atom. The Kier molecular flexibility index (Phi) is 3.17. The normalized spacial score (nSPS) is 38.0. The van der Waals surface area contributed by atoms with Gasteiger partial charge in [-0.05, 0) is 12.8 Å². The Morgan fingerprint density at radius 1 is 1.25 bits per heavy atom. The van der Waals surface area contributed by atoms with Crippen LogP contribution in [0.15, 0.2) is 0 Å². The lowest BCUT2D eigenvalue weighted by Crippen LogP contribution is -2.40. The topological polar surface area (TPSA) is 29.5 Å². The second-order valence-electron chi connectivity index (χ2n) is 6.32. The van der Waals surface area contributed by atoms with Gasteiger partial charge in [-0.1, -0.05) is 19.6 Å². The molecule has 0 aromatic carbocycles. The molecule has 2 saturated heterocycles. The van der Waals surface area contributed by atoms with E-state index >= 15 is 0 Å². The van der Waals surface area contributed by atoms with Crippen LogP contribution < -0.4 is 0 Å². The van der Waals surface area contributed by atoms with Gasteiger partial charge in [-0.2, -0.15) is 0 Å². The summed E-state index contributed by atoms with van der Waals surface area (Å²) in [6.45, 7) is 6.70. The van der Waals surface area contributed by atoms with Crippen molar-refractivity contribution >= 4 is 8.07 Å². The molecule has 2 heterocycles. The molecule has 2 aliphatic rings. The van der Waals surface area contributed by atoms with Gasteiger partial charge in [-0.25, -0.2) is 0 Å². The first-order valence-electron chi connectivity index (χ1n) is 6.24. The number of aliphatic hydroxyl groups is 1. The lowest BCUT2D eigenvalue weighted by atomic mass is 9.87. The molecule has 0 radical (unpaired) electrons. The van der Waals surface area contributed by atoms with Crippen LogP contribution in [-0.4, -0.2) is 31.0 Å². The predicted molar refractivity (Wildman–Crippen MR) is 67.8 cm³/mol. The number of hydrogen-bond acceptors (Lipinski definition) is 2. The summed E-state index contributed by atoms with van der Waals surface area (Å²) in [7, 11) is -1.30. The van der Waals surface area contributed by atoms with E-state index in [2.05, 4.69) is 31.1 Å². The predicted octanol–water partition coefficient (Wildman–Crippen LogP) is 2.33. The molecule has 1 N–H and O–H groups in total. The van der Waals surface area contributed by atoms with Gasteiger partial charge in [0.1, 0.15) is 8.07 Å². The van der Waals surface area contributed by atoms with E-state index in [0.29, 0.717) is 6.42 Å². The van der Waals surface area contributed by atoms with Crippen LogP contribution in [-0.2, 0) is 4.74 Å². The van der Waals surface area contributed by atoms with Crippen LogP contribution >= 0.6 is 0 Å². The highest BCUT2D eigenvalue weighted by atomic mass is 28.3. The maximum absolute atomic E-state index is 10.5. The van der Waals surface area contributed by atoms with Crippen LogP contribution in [0, 0.1) is 11.5 Å². The molecule has 2 atom stereocenters. The Hall–Kier alpha value is -0.303. The van der Waals surface area contributed by atoms with E-state index in [1.807, 2.05) is 0 Å². The fourth-order valence-corrected chi connectivity index (χ4v) is 3.25. The molecule has 90 valence electrons. The third kappa shape index (κ3) is 3.10. The molecule has 0 aromatic heterocycles. The third-order valence-electron chi connectivity index (χ3n) is 3.29. The number of hydrogen-bond donors (Lipinski definition) is 1. The molecule has 2 unspecified atom stereocenters. The van der Waals surface area contributed by atoms with Crippen molar-refractivity contribution in [2.45, 2.75) is 69.6 Å². The molecule has 2 fully saturated rings. The molecule has 3 heteroatoms. The van der Waals surface area contributed by atoms with Crippen LogP contribution in [0.1, 0.15) is 32.1 Å². The molecular weight excluding hydrogens is 216 g/mol. The summed E-state index contributed by atoms with van der Waals surface area (Å²) in [5.41, 5.74) is 2.76. The highest BCUT2D eigenvalue weighted by Gasteiger charge is 2.43. The van der Waals surface area contributed by atoms with E-state index in [4.69, 9.17) is 4.74 Å². The summed E-state index contributed by atoms with van der Waals surface area (Å²) >= 11 is 0. The lowest BCUT2D eigenvalue weighted by Gasteiger charge is -2.35. The van der Waals surface area contributed by atoms with Crippen molar-refractivity contribution in [3.05, 3.63) is 0 Å². The monoisotopic (exact) mass is 238 g/mol. The molecule has 0 spiro atoms. The fraction of sp³-hybridized carbons (Fsp3) is 0.846. The van der Waals surface area contributed by atoms with Gasteiger partial charge >= 0.3 is 0 Å². The van der Waals surface area contributed by atoms with Gasteiger partial charge in [0, 0.05) is 19.3 Å². The third-order valence-corrected chi connectivity index (χ3v) is 4.22. The van der Waals surface area contributed by atoms with Gasteiger partial charge < -0.3 is 9.84 Å². The maximum atomic E-state index is 10.5. The largest absolute Gasteiger partial charge is 0.389 e. The number of rotatable bonds is 1. The summed E-state index contributed by atoms with van der Waals surface area (Å²) in [6, 6.07) is 0. The first kappa shape index (κ1) is 12.2. The van der Waals surface area contributed by atoms with Gasteiger partial charge in [-0.15, -0.1) is 11.5 Å². The molecule has 16 heavy (non-hydrogen) atoms. The molecule has 0 aromatic rings. The lowest BCUT2D eigenvalue weighted by molar-refractivity contribution is -0.108. The van der Waals surface area contributed by atoms with Crippen molar-refractivity contribution in [3.8, 4) is 11.5 Å². The second-order valence-corrected chi connectivity index (χ2v) is 11.1. The van der Waals surface area contributed by atoms with Gasteiger partial charge in [0.05, 0.1) is 17.8 Å². The molecule has 2 bridgehead atoms. The summed E-state index contributed by atoms with van der Waals surface area (Å²) in [6.07, 6.45) is 5.01. The minimum Gasteiger partial charge on any atom is -0.389 e. The molecule has 0 aliphatic carbocycles. The Balaban J connectivity index is 1.95. The van der Waals surface area contributed by atoms with E-state index in [1.165, 1.54) is 0 Å². The SMILES string of the molecule is C[Si](C)(C)C#CCC1(O)CC2CCC(C1)O2. The highest BCUT2D eigenvalue weighted by molar-refractivity contribution is 6.83. The standard InChI is InChI=1S/C13H22O2Si/c1-16(2,3)8-4-7-13(14)9-11-5-6-12(10-13)15-11/h11-12,14H,5-7,9-10H2,1-3H3. The van der Waals surface area contributed by atoms with Gasteiger partial charge in [0.2, 0.25) is 0 Å². The van der Waals surface area contributed by atoms with Crippen LogP contribution in [0.25, 0.3) is 0 Å². The molecule has 2 aliphatic heterocycles. The zero-order valence-corrected chi connectivity index (χ0v) is 11.5. The van der Waals surface area contributed by atoms with Gasteiger partial charge in [0.15, 0.2) is 0 Å². The Morgan fingerprint density at radius 3 is 2.31 bits per heavy atom. The van der Waals surface area contributed by atoms with Crippen molar-refractivity contribution in [1.82, 2.24) is 0 Å². The summed E-state index contributed by atoms with van der Waals surface area (Å²) < 4.78 is 5.74. The molecule has 0 saturated carbocycles. The molecule has 2 rings (SSSR count). The molecular formula is C13H22O2Si. The molecule has 2 nitrogen and oxygen atoms in total. The van der Waals surface area contributed by atoms with Gasteiger partial charge in [-0.3, -0.25) is 0 Å². The van der Waals surface area contributed by atoms with Gasteiger partial charge in [0.25, 0.3) is 0 Å². The van der Waals surface area contributed by atoms with E-state index in [9.17, 15) is 5.11 Å². The van der Waals surface area contributed by atoms with Crippen LogP contribution in [0.2, 0.25) is 19.6 Å². The van der Waals surface area contributed by atoms with Crippen molar-refractivity contribution < 1.29 is 9.84 Å². The van der Waals surface area contributed by atoms with Crippen molar-refractivity contribution in [3.63, 3.8) is 0 Å². The zero-order chi connectivity index (χ0) is 11.8. The number of ether oxygens (including phenoxy) is 1. The molecule has 0 amide bonds. The van der Waals surface area contributed by atoms with E-state index in [-0.39, 0.29) is 12.2 Å². The van der Waals surface area contributed by atoms with Crippen LogP contribution in [0.5, 0.6) is 0 Å². The average Bonchev–Trinajstić information content (AvgIpc) is 2.43. The van der Waals surface area contributed by atoms with Crippen molar-refractivity contribution in [2.24, 2.45) is 0 Å². The summed E-state index contributed by atoms with van der Waals surface area (Å²) in [5, 5.41) is 10.5. The first-order chi connectivity index (χ1) is 7.36. The summed E-state index contributed by atoms with van der Waals surface area (Å²) in [5.74, 6) is 3.21. The average molecular weight is 238 g/mol. The van der Waals surface area contributed by atoms with Crippen molar-refractivity contribution in [1.29, 1.82) is 0 Å². The Bertz CT molecular complexity index is 309. The van der Waals surface area contributed by atoms with Crippen molar-refractivity contribution in [2.75, 3.05) is 0 Å². The quantitative estimate of drug-likeness (QED) is 0.561. The highest BCUT2D eigenvalue weighted by Crippen LogP contribution is 2.39. The van der Waals surface area contributed by atoms with E-state index in [1.54, 1.807) is 0 Å². The van der Waals surface area contributed by atoms with Crippen LogP contribution in [0.4, 0.5) is 0 Å². The zero-order valence-electron chi connectivity index (χ0n) is 10.5. The number of fused-ring (bicyclic) bond motifs is 2. The summed E-state index contributed by atoms with van der Waals surface area (Å²) in [4.78, 5) is 0. The smallest absolute Gasteiger partial charge is 0.129 e.